The molecule has 1 fully saturated rings. The Labute approximate surface area is 145 Å². The quantitative estimate of drug-likeness (QED) is 0.642. The lowest BCUT2D eigenvalue weighted by molar-refractivity contribution is -0.120. The molecule has 1 aromatic carbocycles. The van der Waals surface area contributed by atoms with E-state index in [4.69, 9.17) is 0 Å². The van der Waals surface area contributed by atoms with Crippen molar-refractivity contribution in [1.82, 2.24) is 15.5 Å². The van der Waals surface area contributed by atoms with Gasteiger partial charge in [-0.2, -0.15) is 0 Å². The van der Waals surface area contributed by atoms with Crippen molar-refractivity contribution in [1.29, 1.82) is 0 Å². The van der Waals surface area contributed by atoms with Crippen LogP contribution >= 0.6 is 0 Å². The molecule has 1 aliphatic heterocycles. The van der Waals surface area contributed by atoms with Crippen LogP contribution in [0.1, 0.15) is 33.3 Å². The highest BCUT2D eigenvalue weighted by Gasteiger charge is 2.53. The van der Waals surface area contributed by atoms with E-state index in [-0.39, 0.29) is 23.4 Å². The van der Waals surface area contributed by atoms with Crippen LogP contribution in [-0.2, 0) is 11.2 Å². The van der Waals surface area contributed by atoms with Crippen LogP contribution in [0.4, 0.5) is 0 Å². The van der Waals surface area contributed by atoms with E-state index in [1.165, 1.54) is 5.56 Å². The summed E-state index contributed by atoms with van der Waals surface area (Å²) in [5.74, 6) is 0.780. The molecule has 0 aliphatic carbocycles. The highest BCUT2D eigenvalue weighted by atomic mass is 16.1. The van der Waals surface area contributed by atoms with E-state index in [1.807, 2.05) is 18.2 Å². The largest absolute Gasteiger partial charge is 0.354 e. The van der Waals surface area contributed by atoms with Gasteiger partial charge in [-0.15, -0.1) is 0 Å². The second-order valence-corrected chi connectivity index (χ2v) is 7.52. The minimum absolute atomic E-state index is 0.00956. The summed E-state index contributed by atoms with van der Waals surface area (Å²) in [5.41, 5.74) is 1.49. The second-order valence-electron chi connectivity index (χ2n) is 7.52. The number of nitrogens with one attached hydrogen (secondary N) is 2. The first-order valence-electron chi connectivity index (χ1n) is 8.57. The van der Waals surface area contributed by atoms with Gasteiger partial charge in [0.25, 0.3) is 0 Å². The standard InChI is InChI=1S/C19H30N4O/c1-18(2)14-23(19(18,3)4)17(20-5)22-13-16(24)21-12-11-15-9-7-6-8-10-15/h6-10H,11-14H2,1-5H3,(H,20,22)(H,21,24). The van der Waals surface area contributed by atoms with Crippen molar-refractivity contribution in [3.63, 3.8) is 0 Å². The van der Waals surface area contributed by atoms with Crippen LogP contribution in [0.25, 0.3) is 0 Å². The Morgan fingerprint density at radius 1 is 1.17 bits per heavy atom. The third kappa shape index (κ3) is 3.89. The molecular weight excluding hydrogens is 300 g/mol. The van der Waals surface area contributed by atoms with Gasteiger partial charge in [0.05, 0.1) is 6.54 Å². The highest BCUT2D eigenvalue weighted by Crippen LogP contribution is 2.46. The molecule has 0 aromatic heterocycles. The van der Waals surface area contributed by atoms with Gasteiger partial charge in [0, 0.05) is 31.1 Å². The van der Waals surface area contributed by atoms with Crippen molar-refractivity contribution < 1.29 is 4.79 Å². The van der Waals surface area contributed by atoms with Gasteiger partial charge in [-0.25, -0.2) is 0 Å². The zero-order chi connectivity index (χ0) is 17.8. The third-order valence-corrected chi connectivity index (χ3v) is 5.34. The number of carbonyl (C=O) groups excluding carboxylic acids is 1. The maximum absolute atomic E-state index is 12.0. The number of rotatable bonds is 5. The summed E-state index contributed by atoms with van der Waals surface area (Å²) in [6, 6.07) is 10.2. The summed E-state index contributed by atoms with van der Waals surface area (Å²) in [6.07, 6.45) is 0.842. The number of aliphatic imine (C=N–C) groups is 1. The van der Waals surface area contributed by atoms with Crippen LogP contribution in [0.5, 0.6) is 0 Å². The first-order chi connectivity index (χ1) is 11.3. The second kappa shape index (κ2) is 7.24. The molecule has 0 bridgehead atoms. The first kappa shape index (κ1) is 18.3. The normalized spacial score (nSPS) is 18.7. The molecule has 132 valence electrons. The predicted octanol–water partition coefficient (Wildman–Crippen LogP) is 2.04. The lowest BCUT2D eigenvalue weighted by atomic mass is 9.65. The van der Waals surface area contributed by atoms with Gasteiger partial charge >= 0.3 is 0 Å². The van der Waals surface area contributed by atoms with E-state index in [0.29, 0.717) is 6.54 Å². The molecule has 0 radical (unpaired) electrons. The monoisotopic (exact) mass is 330 g/mol. The van der Waals surface area contributed by atoms with E-state index < -0.39 is 0 Å². The molecular formula is C19H30N4O. The van der Waals surface area contributed by atoms with Gasteiger partial charge in [-0.3, -0.25) is 9.79 Å². The van der Waals surface area contributed by atoms with Gasteiger partial charge in [0.1, 0.15) is 0 Å². The minimum Gasteiger partial charge on any atom is -0.354 e. The summed E-state index contributed by atoms with van der Waals surface area (Å²) < 4.78 is 0. The number of nitrogens with zero attached hydrogens (tertiary/aromatic N) is 2. The number of hydrogen-bond acceptors (Lipinski definition) is 2. The van der Waals surface area contributed by atoms with E-state index >= 15 is 0 Å². The maximum Gasteiger partial charge on any atom is 0.239 e. The molecule has 24 heavy (non-hydrogen) atoms. The molecule has 5 heteroatoms. The fraction of sp³-hybridized carbons (Fsp3) is 0.579. The van der Waals surface area contributed by atoms with Crippen LogP contribution in [0.15, 0.2) is 35.3 Å². The van der Waals surface area contributed by atoms with E-state index in [9.17, 15) is 4.79 Å². The fourth-order valence-electron chi connectivity index (χ4n) is 2.91. The van der Waals surface area contributed by atoms with Crippen LogP contribution in [0.2, 0.25) is 0 Å². The number of amides is 1. The average Bonchev–Trinajstić information content (AvgIpc) is 2.55. The predicted molar refractivity (Wildman–Crippen MR) is 99.1 cm³/mol. The number of carbonyl (C=O) groups is 1. The summed E-state index contributed by atoms with van der Waals surface area (Å²) in [7, 11) is 1.76. The summed E-state index contributed by atoms with van der Waals surface area (Å²) in [4.78, 5) is 18.6. The summed E-state index contributed by atoms with van der Waals surface area (Å²) in [5, 5.41) is 6.12. The average molecular weight is 330 g/mol. The van der Waals surface area contributed by atoms with Crippen LogP contribution in [0.3, 0.4) is 0 Å². The molecule has 1 aliphatic rings. The maximum atomic E-state index is 12.0. The first-order valence-corrected chi connectivity index (χ1v) is 8.57. The number of hydrogen-bond donors (Lipinski definition) is 2. The Kier molecular flexibility index (Phi) is 5.52. The van der Waals surface area contributed by atoms with Crippen molar-refractivity contribution in [3.8, 4) is 0 Å². The van der Waals surface area contributed by atoms with Crippen molar-refractivity contribution in [3.05, 3.63) is 35.9 Å². The zero-order valence-electron chi connectivity index (χ0n) is 15.5. The molecule has 2 N–H and O–H groups in total. The lowest BCUT2D eigenvalue weighted by Crippen LogP contribution is -2.72. The van der Waals surface area contributed by atoms with Crippen molar-refractivity contribution >= 4 is 11.9 Å². The van der Waals surface area contributed by atoms with Crippen LogP contribution in [-0.4, -0.2) is 49.0 Å². The zero-order valence-corrected chi connectivity index (χ0v) is 15.5. The molecule has 0 unspecified atom stereocenters. The lowest BCUT2D eigenvalue weighted by Gasteiger charge is -2.62. The molecule has 0 saturated carbocycles. The smallest absolute Gasteiger partial charge is 0.239 e. The molecule has 5 nitrogen and oxygen atoms in total. The molecule has 1 amide bonds. The minimum atomic E-state index is -0.00956. The molecule has 1 saturated heterocycles. The van der Waals surface area contributed by atoms with Crippen LogP contribution < -0.4 is 10.6 Å². The molecule has 2 rings (SSSR count). The molecule has 0 atom stereocenters. The van der Waals surface area contributed by atoms with Gasteiger partial charge < -0.3 is 15.5 Å². The topological polar surface area (TPSA) is 56.7 Å². The number of likely N-dealkylation sites (tertiary alicyclic amines) is 1. The van der Waals surface area contributed by atoms with Crippen LogP contribution in [0, 0.1) is 5.41 Å². The highest BCUT2D eigenvalue weighted by molar-refractivity contribution is 5.87. The Morgan fingerprint density at radius 2 is 1.83 bits per heavy atom. The SMILES string of the molecule is CN=C(NCC(=O)NCCc1ccccc1)N1CC(C)(C)C1(C)C. The molecule has 1 aromatic rings. The van der Waals surface area contributed by atoms with Gasteiger partial charge in [0.15, 0.2) is 5.96 Å². The molecule has 1 heterocycles. The van der Waals surface area contributed by atoms with Gasteiger partial charge in [-0.1, -0.05) is 44.2 Å². The number of guanidine groups is 1. The van der Waals surface area contributed by atoms with E-state index in [0.717, 1.165) is 18.9 Å². The Hall–Kier alpha value is -2.04. The summed E-state index contributed by atoms with van der Waals surface area (Å²) >= 11 is 0. The fourth-order valence-corrected chi connectivity index (χ4v) is 2.91. The van der Waals surface area contributed by atoms with Gasteiger partial charge in [-0.05, 0) is 25.8 Å². The van der Waals surface area contributed by atoms with E-state index in [2.05, 4.69) is 60.4 Å². The Balaban J connectivity index is 1.75. The van der Waals surface area contributed by atoms with Crippen molar-refractivity contribution in [2.45, 2.75) is 39.7 Å². The van der Waals surface area contributed by atoms with E-state index in [1.54, 1.807) is 7.05 Å². The Bertz CT molecular complexity index is 593. The Morgan fingerprint density at radius 3 is 2.38 bits per heavy atom. The van der Waals surface area contributed by atoms with Crippen molar-refractivity contribution in [2.75, 3.05) is 26.7 Å². The van der Waals surface area contributed by atoms with Crippen molar-refractivity contribution in [2.24, 2.45) is 10.4 Å². The molecule has 0 spiro atoms. The summed E-state index contributed by atoms with van der Waals surface area (Å²) in [6.45, 7) is 10.8. The number of benzene rings is 1. The third-order valence-electron chi connectivity index (χ3n) is 5.34. The van der Waals surface area contributed by atoms with Gasteiger partial charge in [0.2, 0.25) is 5.91 Å².